The van der Waals surface area contributed by atoms with Crippen LogP contribution in [0.25, 0.3) is 0 Å². The van der Waals surface area contributed by atoms with Crippen molar-refractivity contribution in [2.75, 3.05) is 26.7 Å². The summed E-state index contributed by atoms with van der Waals surface area (Å²) in [7, 11) is 1.70. The Hall–Kier alpha value is -1.95. The molecule has 0 radical (unpaired) electrons. The number of likely N-dealkylation sites (N-methyl/N-ethyl adjacent to an activating group) is 2. The Morgan fingerprint density at radius 2 is 2.29 bits per heavy atom. The van der Waals surface area contributed by atoms with Gasteiger partial charge in [-0.05, 0) is 38.1 Å². The van der Waals surface area contributed by atoms with Gasteiger partial charge in [0.25, 0.3) is 5.91 Å². The fourth-order valence-corrected chi connectivity index (χ4v) is 2.85. The predicted molar refractivity (Wildman–Crippen MR) is 78.4 cm³/mol. The summed E-state index contributed by atoms with van der Waals surface area (Å²) in [4.78, 5) is 31.5. The van der Waals surface area contributed by atoms with Crippen molar-refractivity contribution in [2.45, 2.75) is 25.8 Å². The number of hydrogen-bond donors (Lipinski definition) is 1. The zero-order chi connectivity index (χ0) is 15.4. The van der Waals surface area contributed by atoms with Gasteiger partial charge in [-0.25, -0.2) is 4.79 Å². The highest BCUT2D eigenvalue weighted by atomic mass is 16.4. The summed E-state index contributed by atoms with van der Waals surface area (Å²) in [6.07, 6.45) is 3.66. The first-order valence-electron chi connectivity index (χ1n) is 7.22. The largest absolute Gasteiger partial charge is 0.478 e. The van der Waals surface area contributed by atoms with Crippen LogP contribution in [0.1, 0.15) is 40.6 Å². The minimum atomic E-state index is -1.13. The van der Waals surface area contributed by atoms with E-state index in [0.717, 1.165) is 25.9 Å². The van der Waals surface area contributed by atoms with Crippen LogP contribution in [0.3, 0.4) is 0 Å². The molecule has 1 aromatic heterocycles. The van der Waals surface area contributed by atoms with E-state index in [-0.39, 0.29) is 17.2 Å². The van der Waals surface area contributed by atoms with E-state index in [1.54, 1.807) is 11.9 Å². The molecule has 6 nitrogen and oxygen atoms in total. The summed E-state index contributed by atoms with van der Waals surface area (Å²) in [6.45, 7) is 4.74. The number of carboxylic acid groups (broad SMARTS) is 1. The molecular formula is C15H21N3O3. The summed E-state index contributed by atoms with van der Waals surface area (Å²) in [6, 6.07) is 3.28. The maximum atomic E-state index is 12.4. The Morgan fingerprint density at radius 3 is 2.95 bits per heavy atom. The van der Waals surface area contributed by atoms with Gasteiger partial charge < -0.3 is 10.0 Å². The Bertz CT molecular complexity index is 533. The first-order chi connectivity index (χ1) is 10.0. The lowest BCUT2D eigenvalue weighted by Crippen LogP contribution is -2.41. The average molecular weight is 291 g/mol. The zero-order valence-electron chi connectivity index (χ0n) is 12.5. The van der Waals surface area contributed by atoms with Crippen LogP contribution >= 0.6 is 0 Å². The van der Waals surface area contributed by atoms with Crippen LogP contribution < -0.4 is 0 Å². The molecule has 1 unspecified atom stereocenters. The molecule has 1 N–H and O–H groups in total. The topological polar surface area (TPSA) is 73.7 Å². The molecule has 0 bridgehead atoms. The maximum absolute atomic E-state index is 12.4. The molecule has 1 aliphatic rings. The van der Waals surface area contributed by atoms with Crippen LogP contribution in [0.15, 0.2) is 18.3 Å². The van der Waals surface area contributed by atoms with Gasteiger partial charge in [-0.3, -0.25) is 14.7 Å². The molecule has 0 saturated carbocycles. The van der Waals surface area contributed by atoms with Gasteiger partial charge in [0.05, 0.1) is 5.56 Å². The van der Waals surface area contributed by atoms with Crippen LogP contribution in [0.4, 0.5) is 0 Å². The molecule has 6 heteroatoms. The van der Waals surface area contributed by atoms with E-state index in [0.29, 0.717) is 12.6 Å². The highest BCUT2D eigenvalue weighted by Crippen LogP contribution is 2.18. The van der Waals surface area contributed by atoms with E-state index < -0.39 is 5.97 Å². The molecule has 0 aliphatic carbocycles. The number of carbonyl (C=O) groups excluding carboxylic acids is 1. The van der Waals surface area contributed by atoms with Gasteiger partial charge in [0.15, 0.2) is 0 Å². The summed E-state index contributed by atoms with van der Waals surface area (Å²) in [5.74, 6) is -1.47. The second-order valence-electron chi connectivity index (χ2n) is 5.32. The zero-order valence-corrected chi connectivity index (χ0v) is 12.5. The smallest absolute Gasteiger partial charge is 0.338 e. The summed E-state index contributed by atoms with van der Waals surface area (Å²) in [5.41, 5.74) is -0.0401. The number of pyridine rings is 1. The van der Waals surface area contributed by atoms with Gasteiger partial charge >= 0.3 is 5.97 Å². The molecule has 114 valence electrons. The molecule has 1 atom stereocenters. The number of carbonyl (C=O) groups is 2. The second kappa shape index (κ2) is 6.67. The summed E-state index contributed by atoms with van der Waals surface area (Å²) >= 11 is 0. The monoisotopic (exact) mass is 291 g/mol. The van der Waals surface area contributed by atoms with Crippen molar-refractivity contribution in [3.05, 3.63) is 29.6 Å². The van der Waals surface area contributed by atoms with Crippen molar-refractivity contribution in [2.24, 2.45) is 0 Å². The Balaban J connectivity index is 2.11. The van der Waals surface area contributed by atoms with Crippen LogP contribution in [-0.2, 0) is 0 Å². The molecule has 1 aliphatic heterocycles. The average Bonchev–Trinajstić information content (AvgIpc) is 2.93. The Labute approximate surface area is 124 Å². The van der Waals surface area contributed by atoms with Gasteiger partial charge in [-0.2, -0.15) is 0 Å². The fraction of sp³-hybridized carbons (Fsp3) is 0.533. The number of likely N-dealkylation sites (tertiary alicyclic amines) is 1. The molecule has 0 aromatic carbocycles. The van der Waals surface area contributed by atoms with Crippen LogP contribution in [-0.4, -0.2) is 64.5 Å². The SMILES string of the molecule is CCN1CCCC1CN(C)C(=O)c1ncccc1C(=O)O. The summed E-state index contributed by atoms with van der Waals surface area (Å²) in [5, 5.41) is 9.14. The molecule has 1 aromatic rings. The number of rotatable bonds is 5. The third-order valence-corrected chi connectivity index (χ3v) is 3.98. The maximum Gasteiger partial charge on any atom is 0.338 e. The molecular weight excluding hydrogens is 270 g/mol. The second-order valence-corrected chi connectivity index (χ2v) is 5.32. The lowest BCUT2D eigenvalue weighted by molar-refractivity contribution is 0.0672. The number of aromatic carboxylic acids is 1. The van der Waals surface area contributed by atoms with Gasteiger partial charge in [0.2, 0.25) is 0 Å². The quantitative estimate of drug-likeness (QED) is 0.886. The lowest BCUT2D eigenvalue weighted by atomic mass is 10.1. The molecule has 21 heavy (non-hydrogen) atoms. The van der Waals surface area contributed by atoms with Crippen LogP contribution in [0, 0.1) is 0 Å². The van der Waals surface area contributed by atoms with Gasteiger partial charge in [-0.15, -0.1) is 0 Å². The van der Waals surface area contributed by atoms with E-state index in [2.05, 4.69) is 16.8 Å². The number of nitrogens with zero attached hydrogens (tertiary/aromatic N) is 3. The van der Waals surface area contributed by atoms with Crippen molar-refractivity contribution in [3.63, 3.8) is 0 Å². The van der Waals surface area contributed by atoms with E-state index in [1.807, 2.05) is 0 Å². The Morgan fingerprint density at radius 1 is 1.52 bits per heavy atom. The number of amides is 1. The van der Waals surface area contributed by atoms with Crippen molar-refractivity contribution < 1.29 is 14.7 Å². The predicted octanol–water partition coefficient (Wildman–Crippen LogP) is 1.34. The van der Waals surface area contributed by atoms with Crippen molar-refractivity contribution in [3.8, 4) is 0 Å². The van der Waals surface area contributed by atoms with E-state index >= 15 is 0 Å². The fourth-order valence-electron chi connectivity index (χ4n) is 2.85. The van der Waals surface area contributed by atoms with Crippen LogP contribution in [0.5, 0.6) is 0 Å². The standard InChI is InChI=1S/C15H21N3O3/c1-3-18-9-5-6-11(18)10-17(2)14(19)13-12(15(20)21)7-4-8-16-13/h4,7-8,11H,3,5-6,9-10H2,1-2H3,(H,20,21). The van der Waals surface area contributed by atoms with Crippen molar-refractivity contribution >= 4 is 11.9 Å². The van der Waals surface area contributed by atoms with Crippen LogP contribution in [0.2, 0.25) is 0 Å². The third kappa shape index (κ3) is 3.39. The first kappa shape index (κ1) is 15.4. The molecule has 2 rings (SSSR count). The normalized spacial score (nSPS) is 18.7. The van der Waals surface area contributed by atoms with Crippen molar-refractivity contribution in [1.29, 1.82) is 0 Å². The van der Waals surface area contributed by atoms with Gasteiger partial charge in [-0.1, -0.05) is 6.92 Å². The van der Waals surface area contributed by atoms with E-state index in [4.69, 9.17) is 5.11 Å². The summed E-state index contributed by atoms with van der Waals surface area (Å²) < 4.78 is 0. The Kier molecular flexibility index (Phi) is 4.90. The highest BCUT2D eigenvalue weighted by Gasteiger charge is 2.27. The molecule has 1 amide bonds. The first-order valence-corrected chi connectivity index (χ1v) is 7.22. The lowest BCUT2D eigenvalue weighted by Gasteiger charge is -2.27. The third-order valence-electron chi connectivity index (χ3n) is 3.98. The van der Waals surface area contributed by atoms with Gasteiger partial charge in [0.1, 0.15) is 5.69 Å². The molecule has 1 fully saturated rings. The molecule has 2 heterocycles. The minimum Gasteiger partial charge on any atom is -0.478 e. The van der Waals surface area contributed by atoms with Crippen molar-refractivity contribution in [1.82, 2.24) is 14.8 Å². The highest BCUT2D eigenvalue weighted by molar-refractivity contribution is 6.03. The number of aromatic nitrogens is 1. The van der Waals surface area contributed by atoms with E-state index in [1.165, 1.54) is 18.3 Å². The number of hydrogen-bond acceptors (Lipinski definition) is 4. The van der Waals surface area contributed by atoms with E-state index in [9.17, 15) is 9.59 Å². The number of carboxylic acids is 1. The molecule has 0 spiro atoms. The molecule has 1 saturated heterocycles. The minimum absolute atomic E-state index is 0.00791. The van der Waals surface area contributed by atoms with Gasteiger partial charge in [0, 0.05) is 25.8 Å².